The number of hydrogen-bond donors (Lipinski definition) is 0. The quantitative estimate of drug-likeness (QED) is 0.184. The van der Waals surface area contributed by atoms with Gasteiger partial charge < -0.3 is 4.42 Å². The average molecular weight is 469 g/mol. The molecule has 0 fully saturated rings. The van der Waals surface area contributed by atoms with Crippen LogP contribution in [0.3, 0.4) is 0 Å². The summed E-state index contributed by atoms with van der Waals surface area (Å²) in [5, 5.41) is 6.47. The molecule has 0 saturated carbocycles. The van der Waals surface area contributed by atoms with Crippen molar-refractivity contribution in [1.29, 1.82) is 0 Å². The molecular formula is C33H23FNO+. The molecule has 0 aliphatic rings. The van der Waals surface area contributed by atoms with Gasteiger partial charge in [-0.25, -0.2) is 8.96 Å². The molecule has 0 radical (unpaired) electrons. The Morgan fingerprint density at radius 3 is 2.08 bits per heavy atom. The number of furan rings is 1. The molecule has 7 aromatic rings. The van der Waals surface area contributed by atoms with Crippen LogP contribution in [0.5, 0.6) is 0 Å². The van der Waals surface area contributed by atoms with Crippen LogP contribution in [0.2, 0.25) is 0 Å². The number of hydrogen-bond acceptors (Lipinski definition) is 1. The zero-order chi connectivity index (χ0) is 24.4. The lowest BCUT2D eigenvalue weighted by molar-refractivity contribution is -0.660. The van der Waals surface area contributed by atoms with Crippen LogP contribution in [-0.4, -0.2) is 0 Å². The minimum Gasteiger partial charge on any atom is -0.454 e. The van der Waals surface area contributed by atoms with Gasteiger partial charge in [0.05, 0.1) is 11.1 Å². The molecule has 3 heteroatoms. The van der Waals surface area contributed by atoms with E-state index in [1.54, 1.807) is 6.07 Å². The molecule has 0 amide bonds. The molecule has 36 heavy (non-hydrogen) atoms. The second-order valence-electron chi connectivity index (χ2n) is 9.49. The van der Waals surface area contributed by atoms with Crippen LogP contribution < -0.4 is 4.57 Å². The SMILES string of the molecule is Cc1ccc2c(oc3c(-c4ccc5cc6ccccc6cc5c4)c(F)ccc32)c1-c1cccc[n+]1C. The van der Waals surface area contributed by atoms with Gasteiger partial charge in [-0.05, 0) is 76.0 Å². The number of halogens is 1. The van der Waals surface area contributed by atoms with E-state index in [4.69, 9.17) is 4.42 Å². The van der Waals surface area contributed by atoms with Crippen LogP contribution in [0.25, 0.3) is 65.9 Å². The molecule has 0 aliphatic heterocycles. The molecule has 0 bridgehead atoms. The van der Waals surface area contributed by atoms with E-state index in [1.807, 2.05) is 49.6 Å². The molecule has 172 valence electrons. The molecule has 0 aliphatic carbocycles. The average Bonchev–Trinajstić information content (AvgIpc) is 3.26. The zero-order valence-electron chi connectivity index (χ0n) is 20.0. The monoisotopic (exact) mass is 468 g/mol. The number of benzene rings is 5. The second kappa shape index (κ2) is 7.76. The molecular weight excluding hydrogens is 445 g/mol. The number of nitrogens with zero attached hydrogens (tertiary/aromatic N) is 1. The Morgan fingerprint density at radius 2 is 1.31 bits per heavy atom. The molecule has 2 heterocycles. The maximum absolute atomic E-state index is 15.5. The van der Waals surface area contributed by atoms with E-state index in [-0.39, 0.29) is 5.82 Å². The summed E-state index contributed by atoms with van der Waals surface area (Å²) in [6, 6.07) is 32.5. The van der Waals surface area contributed by atoms with Gasteiger partial charge in [0.1, 0.15) is 24.0 Å². The number of rotatable bonds is 2. The Kier molecular flexibility index (Phi) is 4.49. The summed E-state index contributed by atoms with van der Waals surface area (Å²) in [6.07, 6.45) is 2.03. The summed E-state index contributed by atoms with van der Waals surface area (Å²) in [4.78, 5) is 0. The molecule has 2 nitrogen and oxygen atoms in total. The van der Waals surface area contributed by atoms with Gasteiger partial charge in [0.15, 0.2) is 6.20 Å². The van der Waals surface area contributed by atoms with Crippen molar-refractivity contribution >= 4 is 43.5 Å². The molecule has 2 aromatic heterocycles. The highest BCUT2D eigenvalue weighted by Gasteiger charge is 2.23. The molecule has 0 atom stereocenters. The fourth-order valence-corrected chi connectivity index (χ4v) is 5.44. The highest BCUT2D eigenvalue weighted by Crippen LogP contribution is 2.42. The molecule has 5 aromatic carbocycles. The molecule has 0 N–H and O–H groups in total. The van der Waals surface area contributed by atoms with Crippen LogP contribution in [0.4, 0.5) is 4.39 Å². The maximum Gasteiger partial charge on any atom is 0.216 e. The van der Waals surface area contributed by atoms with Crippen LogP contribution in [0.15, 0.2) is 108 Å². The fourth-order valence-electron chi connectivity index (χ4n) is 5.44. The van der Waals surface area contributed by atoms with Crippen molar-refractivity contribution in [2.45, 2.75) is 6.92 Å². The van der Waals surface area contributed by atoms with Gasteiger partial charge in [0.2, 0.25) is 5.69 Å². The predicted molar refractivity (Wildman–Crippen MR) is 145 cm³/mol. The van der Waals surface area contributed by atoms with Crippen molar-refractivity contribution in [1.82, 2.24) is 0 Å². The largest absolute Gasteiger partial charge is 0.454 e. The number of pyridine rings is 1. The van der Waals surface area contributed by atoms with Crippen molar-refractivity contribution in [3.05, 3.63) is 115 Å². The molecule has 0 unspecified atom stereocenters. The zero-order valence-corrected chi connectivity index (χ0v) is 20.0. The summed E-state index contributed by atoms with van der Waals surface area (Å²) < 4.78 is 24.1. The first kappa shape index (κ1) is 20.8. The highest BCUT2D eigenvalue weighted by atomic mass is 19.1. The first-order chi connectivity index (χ1) is 17.6. The van der Waals surface area contributed by atoms with E-state index in [2.05, 4.69) is 66.1 Å². The number of fused-ring (bicyclic) bond motifs is 5. The fraction of sp³-hybridized carbons (Fsp3) is 0.0606. The van der Waals surface area contributed by atoms with E-state index >= 15 is 4.39 Å². The second-order valence-corrected chi connectivity index (χ2v) is 9.49. The van der Waals surface area contributed by atoms with Crippen LogP contribution in [0, 0.1) is 12.7 Å². The maximum atomic E-state index is 15.5. The van der Waals surface area contributed by atoms with Gasteiger partial charge >= 0.3 is 0 Å². The third-order valence-corrected chi connectivity index (χ3v) is 7.27. The summed E-state index contributed by atoms with van der Waals surface area (Å²) in [7, 11) is 2.03. The minimum absolute atomic E-state index is 0.287. The third-order valence-electron chi connectivity index (χ3n) is 7.27. The first-order valence-electron chi connectivity index (χ1n) is 12.1. The normalized spacial score (nSPS) is 11.8. The third kappa shape index (κ3) is 3.06. The van der Waals surface area contributed by atoms with Gasteiger partial charge in [0.25, 0.3) is 0 Å². The first-order valence-corrected chi connectivity index (χ1v) is 12.1. The van der Waals surface area contributed by atoms with Gasteiger partial charge in [-0.3, -0.25) is 0 Å². The van der Waals surface area contributed by atoms with Crippen LogP contribution in [0.1, 0.15) is 5.56 Å². The van der Waals surface area contributed by atoms with Crippen molar-refractivity contribution in [2.24, 2.45) is 7.05 Å². The van der Waals surface area contributed by atoms with Crippen molar-refractivity contribution < 1.29 is 13.4 Å². The van der Waals surface area contributed by atoms with E-state index in [1.165, 1.54) is 10.8 Å². The molecule has 0 saturated heterocycles. The Labute approximate surface area is 207 Å². The highest BCUT2D eigenvalue weighted by molar-refractivity contribution is 6.13. The van der Waals surface area contributed by atoms with Gasteiger partial charge in [-0.1, -0.05) is 48.5 Å². The molecule has 7 rings (SSSR count). The van der Waals surface area contributed by atoms with Gasteiger partial charge in [0, 0.05) is 22.9 Å². The summed E-state index contributed by atoms with van der Waals surface area (Å²) in [5.74, 6) is -0.287. The van der Waals surface area contributed by atoms with Gasteiger partial charge in [-0.15, -0.1) is 0 Å². The topological polar surface area (TPSA) is 17.0 Å². The van der Waals surface area contributed by atoms with Gasteiger partial charge in [-0.2, -0.15) is 0 Å². The Hall–Kier alpha value is -4.50. The summed E-state index contributed by atoms with van der Waals surface area (Å²) >= 11 is 0. The Bertz CT molecular complexity index is 1980. The lowest BCUT2D eigenvalue weighted by atomic mass is 9.96. The summed E-state index contributed by atoms with van der Waals surface area (Å²) in [5.41, 5.74) is 5.87. The van der Waals surface area contributed by atoms with E-state index < -0.39 is 0 Å². The van der Waals surface area contributed by atoms with Crippen LogP contribution in [-0.2, 0) is 7.05 Å². The standard InChI is InChI=1S/C33H23FNO/c1-20-10-13-26-27-14-15-28(34)31(33(27)36-32(26)30(20)29-9-5-6-16-35(29)2)24-12-11-23-17-21-7-3-4-8-22(21)18-25(23)19-24/h3-19H,1-2H3/q+1. The predicted octanol–water partition coefficient (Wildman–Crippen LogP) is 8.50. The van der Waals surface area contributed by atoms with E-state index in [0.717, 1.165) is 49.5 Å². The molecule has 0 spiro atoms. The smallest absolute Gasteiger partial charge is 0.216 e. The minimum atomic E-state index is -0.287. The van der Waals surface area contributed by atoms with E-state index in [9.17, 15) is 0 Å². The van der Waals surface area contributed by atoms with Crippen molar-refractivity contribution in [3.63, 3.8) is 0 Å². The lowest BCUT2D eigenvalue weighted by Gasteiger charge is -2.08. The van der Waals surface area contributed by atoms with Crippen molar-refractivity contribution in [2.75, 3.05) is 0 Å². The summed E-state index contributed by atoms with van der Waals surface area (Å²) in [6.45, 7) is 2.09. The van der Waals surface area contributed by atoms with Crippen molar-refractivity contribution in [3.8, 4) is 22.4 Å². The number of aryl methyl sites for hydroxylation is 2. The van der Waals surface area contributed by atoms with E-state index in [0.29, 0.717) is 11.1 Å². The van der Waals surface area contributed by atoms with Crippen LogP contribution >= 0.6 is 0 Å². The number of aromatic nitrogens is 1. The Morgan fingerprint density at radius 1 is 0.639 bits per heavy atom. The Balaban J connectivity index is 1.52. The lowest BCUT2D eigenvalue weighted by Crippen LogP contribution is -2.30.